The Kier molecular flexibility index (Phi) is 5.07. The minimum absolute atomic E-state index is 0.0178. The normalized spacial score (nSPS) is 11.2. The van der Waals surface area contributed by atoms with Crippen molar-refractivity contribution in [3.63, 3.8) is 0 Å². The maximum atomic E-state index is 13.7. The lowest BCUT2D eigenvalue weighted by atomic mass is 10.1. The van der Waals surface area contributed by atoms with Crippen molar-refractivity contribution in [3.05, 3.63) is 93.6 Å². The molecule has 0 saturated heterocycles. The van der Waals surface area contributed by atoms with Gasteiger partial charge >= 0.3 is 5.63 Å². The standard InChI is InChI=1S/C25H18N2O5S/c1-31-16-10-11-18-19(13-16)27(15-7-3-2-4-8-15)24(29)20-21(28)23(25(30)32-22(18)20)33-17-9-5-6-14(26)12-17/h2-13,28H,26H2,1H3. The minimum Gasteiger partial charge on any atom is -0.505 e. The van der Waals surface area contributed by atoms with Crippen LogP contribution in [-0.2, 0) is 0 Å². The Morgan fingerprint density at radius 2 is 1.79 bits per heavy atom. The first-order valence-electron chi connectivity index (χ1n) is 9.99. The third kappa shape index (κ3) is 3.50. The van der Waals surface area contributed by atoms with Gasteiger partial charge in [0.1, 0.15) is 16.0 Å². The summed E-state index contributed by atoms with van der Waals surface area (Å²) in [6.45, 7) is 0. The zero-order valence-corrected chi connectivity index (χ0v) is 18.3. The van der Waals surface area contributed by atoms with Gasteiger partial charge in [-0.25, -0.2) is 4.79 Å². The van der Waals surface area contributed by atoms with Crippen molar-refractivity contribution in [2.75, 3.05) is 12.8 Å². The third-order valence-corrected chi connectivity index (χ3v) is 6.31. The summed E-state index contributed by atoms with van der Waals surface area (Å²) in [4.78, 5) is 27.1. The van der Waals surface area contributed by atoms with E-state index in [1.165, 1.54) is 11.7 Å². The zero-order valence-electron chi connectivity index (χ0n) is 17.4. The number of aromatic hydroxyl groups is 1. The number of benzene rings is 3. The molecular weight excluding hydrogens is 440 g/mol. The fourth-order valence-electron chi connectivity index (χ4n) is 3.75. The average Bonchev–Trinajstić information content (AvgIpc) is 2.82. The lowest BCUT2D eigenvalue weighted by Gasteiger charge is -2.15. The summed E-state index contributed by atoms with van der Waals surface area (Å²) in [6.07, 6.45) is 0. The Hall–Kier alpha value is -4.17. The van der Waals surface area contributed by atoms with Crippen LogP contribution in [0.4, 0.5) is 5.69 Å². The van der Waals surface area contributed by atoms with E-state index in [0.717, 1.165) is 11.8 Å². The molecule has 3 aromatic carbocycles. The number of anilines is 1. The molecule has 0 atom stereocenters. The molecule has 0 bridgehead atoms. The summed E-state index contributed by atoms with van der Waals surface area (Å²) in [5.41, 5.74) is 6.17. The number of hydrogen-bond donors (Lipinski definition) is 2. The molecule has 2 aromatic heterocycles. The van der Waals surface area contributed by atoms with Crippen molar-refractivity contribution in [1.29, 1.82) is 0 Å². The van der Waals surface area contributed by atoms with Crippen LogP contribution in [0.3, 0.4) is 0 Å². The molecule has 164 valence electrons. The molecule has 0 radical (unpaired) electrons. The van der Waals surface area contributed by atoms with Crippen LogP contribution in [-0.4, -0.2) is 16.8 Å². The van der Waals surface area contributed by atoms with Crippen LogP contribution in [0, 0.1) is 0 Å². The second kappa shape index (κ2) is 8.07. The Morgan fingerprint density at radius 1 is 1.00 bits per heavy atom. The zero-order chi connectivity index (χ0) is 23.1. The number of ether oxygens (including phenoxy) is 1. The number of hydrogen-bond acceptors (Lipinski definition) is 7. The highest BCUT2D eigenvalue weighted by atomic mass is 32.2. The van der Waals surface area contributed by atoms with Crippen LogP contribution in [0.15, 0.2) is 96.6 Å². The minimum atomic E-state index is -0.749. The molecule has 0 aliphatic heterocycles. The smallest absolute Gasteiger partial charge is 0.354 e. The van der Waals surface area contributed by atoms with Crippen molar-refractivity contribution in [2.24, 2.45) is 0 Å². The molecule has 33 heavy (non-hydrogen) atoms. The number of rotatable bonds is 4. The van der Waals surface area contributed by atoms with Crippen LogP contribution in [0.2, 0.25) is 0 Å². The summed E-state index contributed by atoms with van der Waals surface area (Å²) in [5, 5.41) is 11.5. The van der Waals surface area contributed by atoms with Gasteiger partial charge in [0.05, 0.1) is 12.6 Å². The first-order valence-corrected chi connectivity index (χ1v) is 10.8. The number of nitrogen functional groups attached to an aromatic ring is 1. The summed E-state index contributed by atoms with van der Waals surface area (Å²) in [7, 11) is 1.53. The molecule has 0 spiro atoms. The predicted octanol–water partition coefficient (Wildman–Crippen LogP) is 4.54. The molecule has 0 aliphatic carbocycles. The van der Waals surface area contributed by atoms with Crippen LogP contribution in [0.5, 0.6) is 11.5 Å². The largest absolute Gasteiger partial charge is 0.505 e. The molecule has 3 N–H and O–H groups in total. The lowest BCUT2D eigenvalue weighted by Crippen LogP contribution is -2.20. The summed E-state index contributed by atoms with van der Waals surface area (Å²) in [5.74, 6) is 0.104. The topological polar surface area (TPSA) is 108 Å². The Labute approximate surface area is 191 Å². The van der Waals surface area contributed by atoms with E-state index < -0.39 is 16.9 Å². The van der Waals surface area contributed by atoms with E-state index >= 15 is 0 Å². The fourth-order valence-corrected chi connectivity index (χ4v) is 4.65. The maximum Gasteiger partial charge on any atom is 0.354 e. The van der Waals surface area contributed by atoms with E-state index in [1.54, 1.807) is 54.6 Å². The molecule has 5 rings (SSSR count). The van der Waals surface area contributed by atoms with E-state index in [-0.39, 0.29) is 15.9 Å². The highest BCUT2D eigenvalue weighted by Crippen LogP contribution is 2.38. The summed E-state index contributed by atoms with van der Waals surface area (Å²) in [6, 6.07) is 21.0. The van der Waals surface area contributed by atoms with Gasteiger partial charge in [-0.2, -0.15) is 0 Å². The van der Waals surface area contributed by atoms with E-state index in [2.05, 4.69) is 0 Å². The van der Waals surface area contributed by atoms with Crippen LogP contribution in [0.25, 0.3) is 27.6 Å². The Morgan fingerprint density at radius 3 is 2.52 bits per heavy atom. The van der Waals surface area contributed by atoms with Crippen molar-refractivity contribution >= 4 is 39.3 Å². The van der Waals surface area contributed by atoms with Gasteiger partial charge in [0, 0.05) is 27.7 Å². The van der Waals surface area contributed by atoms with Gasteiger partial charge in [0.2, 0.25) is 0 Å². The van der Waals surface area contributed by atoms with Gasteiger partial charge in [0.25, 0.3) is 5.56 Å². The number of pyridine rings is 1. The van der Waals surface area contributed by atoms with Crippen molar-refractivity contribution < 1.29 is 14.3 Å². The third-order valence-electron chi connectivity index (χ3n) is 5.26. The Balaban J connectivity index is 1.88. The van der Waals surface area contributed by atoms with Crippen molar-refractivity contribution in [2.45, 2.75) is 9.79 Å². The molecule has 8 heteroatoms. The second-order valence-corrected chi connectivity index (χ2v) is 8.39. The van der Waals surface area contributed by atoms with Gasteiger partial charge in [-0.15, -0.1) is 0 Å². The van der Waals surface area contributed by atoms with Crippen LogP contribution >= 0.6 is 11.8 Å². The quantitative estimate of drug-likeness (QED) is 0.301. The molecule has 5 aromatic rings. The number of nitrogens with zero attached hydrogens (tertiary/aromatic N) is 1. The number of nitrogens with two attached hydrogens (primary N) is 1. The van der Waals surface area contributed by atoms with Gasteiger partial charge < -0.3 is 20.0 Å². The number of methoxy groups -OCH3 is 1. The summed E-state index contributed by atoms with van der Waals surface area (Å²) < 4.78 is 12.4. The monoisotopic (exact) mass is 458 g/mol. The fraction of sp³-hybridized carbons (Fsp3) is 0.0400. The van der Waals surface area contributed by atoms with Crippen molar-refractivity contribution in [3.8, 4) is 17.2 Å². The molecule has 0 amide bonds. The molecular formula is C25H18N2O5S. The van der Waals surface area contributed by atoms with Crippen LogP contribution < -0.4 is 21.7 Å². The van der Waals surface area contributed by atoms with Gasteiger partial charge in [-0.05, 0) is 42.5 Å². The van der Waals surface area contributed by atoms with Gasteiger partial charge in [-0.1, -0.05) is 36.0 Å². The second-order valence-electron chi connectivity index (χ2n) is 7.31. The Bertz CT molecular complexity index is 1640. The van der Waals surface area contributed by atoms with Crippen LogP contribution in [0.1, 0.15) is 0 Å². The predicted molar refractivity (Wildman–Crippen MR) is 129 cm³/mol. The molecule has 7 nitrogen and oxygen atoms in total. The highest BCUT2D eigenvalue weighted by Gasteiger charge is 2.23. The van der Waals surface area contributed by atoms with E-state index in [0.29, 0.717) is 32.9 Å². The van der Waals surface area contributed by atoms with E-state index in [1.807, 2.05) is 18.2 Å². The van der Waals surface area contributed by atoms with E-state index in [9.17, 15) is 14.7 Å². The first-order chi connectivity index (χ1) is 16.0. The lowest BCUT2D eigenvalue weighted by molar-refractivity contribution is 0.415. The number of aromatic nitrogens is 1. The molecule has 0 saturated carbocycles. The maximum absolute atomic E-state index is 13.7. The number of fused-ring (bicyclic) bond motifs is 3. The average molecular weight is 458 g/mol. The number of para-hydroxylation sites is 1. The SMILES string of the molecule is COc1ccc2c3oc(=O)c(Sc4cccc(N)c4)c(O)c3c(=O)n(-c3ccccc3)c2c1. The van der Waals surface area contributed by atoms with Gasteiger partial charge in [0.15, 0.2) is 11.3 Å². The summed E-state index contributed by atoms with van der Waals surface area (Å²) >= 11 is 0.987. The van der Waals surface area contributed by atoms with E-state index in [4.69, 9.17) is 14.9 Å². The first kappa shape index (κ1) is 20.7. The molecule has 2 heterocycles. The molecule has 0 aliphatic rings. The highest BCUT2D eigenvalue weighted by molar-refractivity contribution is 7.99. The molecule has 0 fully saturated rings. The molecule has 0 unspecified atom stereocenters. The van der Waals surface area contributed by atoms with Crippen molar-refractivity contribution in [1.82, 2.24) is 4.57 Å². The van der Waals surface area contributed by atoms with Gasteiger partial charge in [-0.3, -0.25) is 9.36 Å².